The second-order valence-electron chi connectivity index (χ2n) is 4.38. The number of aryl methyl sites for hydroxylation is 2. The Kier molecular flexibility index (Phi) is 3.75. The molecule has 1 heterocycles. The summed E-state index contributed by atoms with van der Waals surface area (Å²) in [6, 6.07) is 10.9. The largest absolute Gasteiger partial charge is 0.379 e. The van der Waals surface area contributed by atoms with E-state index in [1.165, 1.54) is 0 Å². The fourth-order valence-electron chi connectivity index (χ4n) is 1.81. The predicted octanol–water partition coefficient (Wildman–Crippen LogP) is 3.22. The molecule has 98 valence electrons. The van der Waals surface area contributed by atoms with Crippen LogP contribution in [0.15, 0.2) is 36.4 Å². The van der Waals surface area contributed by atoms with Crippen molar-refractivity contribution in [2.75, 3.05) is 5.32 Å². The first-order valence-corrected chi connectivity index (χ1v) is 5.98. The normalized spacial score (nSPS) is 10.2. The van der Waals surface area contributed by atoms with Gasteiger partial charge in [0, 0.05) is 23.0 Å². The second-order valence-corrected chi connectivity index (χ2v) is 4.38. The van der Waals surface area contributed by atoms with Crippen LogP contribution in [0.25, 0.3) is 0 Å². The van der Waals surface area contributed by atoms with Crippen molar-refractivity contribution in [2.24, 2.45) is 0 Å². The van der Waals surface area contributed by atoms with E-state index in [2.05, 4.69) is 10.3 Å². The van der Waals surface area contributed by atoms with Crippen LogP contribution in [0, 0.1) is 24.0 Å². The number of nitro groups is 1. The molecule has 0 atom stereocenters. The smallest absolute Gasteiger partial charge is 0.274 e. The lowest BCUT2D eigenvalue weighted by atomic mass is 10.2. The van der Waals surface area contributed by atoms with E-state index in [0.717, 1.165) is 17.1 Å². The number of aromatic nitrogens is 1. The van der Waals surface area contributed by atoms with Gasteiger partial charge < -0.3 is 5.32 Å². The van der Waals surface area contributed by atoms with E-state index in [-0.39, 0.29) is 10.6 Å². The van der Waals surface area contributed by atoms with Crippen molar-refractivity contribution >= 4 is 11.4 Å². The highest BCUT2D eigenvalue weighted by Crippen LogP contribution is 2.22. The van der Waals surface area contributed by atoms with E-state index in [4.69, 9.17) is 0 Å². The molecule has 1 aromatic carbocycles. The Morgan fingerprint density at radius 2 is 2.05 bits per heavy atom. The Bertz CT molecular complexity index is 611. The topological polar surface area (TPSA) is 68.1 Å². The molecule has 0 aliphatic heterocycles. The number of rotatable bonds is 4. The van der Waals surface area contributed by atoms with Gasteiger partial charge in [-0.25, -0.2) is 0 Å². The van der Waals surface area contributed by atoms with Gasteiger partial charge in [-0.05, 0) is 32.0 Å². The molecule has 0 bridgehead atoms. The van der Waals surface area contributed by atoms with Crippen molar-refractivity contribution in [1.82, 2.24) is 4.98 Å². The summed E-state index contributed by atoms with van der Waals surface area (Å²) >= 11 is 0. The summed E-state index contributed by atoms with van der Waals surface area (Å²) in [6.45, 7) is 4.20. The van der Waals surface area contributed by atoms with E-state index in [1.54, 1.807) is 19.1 Å². The van der Waals surface area contributed by atoms with Gasteiger partial charge in [-0.1, -0.05) is 12.1 Å². The summed E-state index contributed by atoms with van der Waals surface area (Å²) in [5.41, 5.74) is 3.37. The third kappa shape index (κ3) is 3.28. The average molecular weight is 257 g/mol. The van der Waals surface area contributed by atoms with Gasteiger partial charge in [0.05, 0.1) is 17.2 Å². The molecule has 2 rings (SSSR count). The Balaban J connectivity index is 2.12. The van der Waals surface area contributed by atoms with Crippen LogP contribution in [0.2, 0.25) is 0 Å². The van der Waals surface area contributed by atoms with Crippen LogP contribution in [-0.4, -0.2) is 9.91 Å². The Morgan fingerprint density at radius 1 is 1.26 bits per heavy atom. The van der Waals surface area contributed by atoms with Crippen LogP contribution in [-0.2, 0) is 6.54 Å². The van der Waals surface area contributed by atoms with Crippen LogP contribution >= 0.6 is 0 Å². The van der Waals surface area contributed by atoms with Gasteiger partial charge in [-0.3, -0.25) is 15.1 Å². The Hall–Kier alpha value is -2.43. The van der Waals surface area contributed by atoms with E-state index >= 15 is 0 Å². The van der Waals surface area contributed by atoms with Crippen molar-refractivity contribution in [1.29, 1.82) is 0 Å². The molecule has 0 aliphatic carbocycles. The zero-order chi connectivity index (χ0) is 13.8. The molecule has 1 N–H and O–H groups in total. The first-order valence-electron chi connectivity index (χ1n) is 5.98. The Morgan fingerprint density at radius 3 is 2.74 bits per heavy atom. The SMILES string of the molecule is Cc1cccc(CNc2ccc(C)c([N+](=O)[O-])c2)n1. The highest BCUT2D eigenvalue weighted by atomic mass is 16.6. The van der Waals surface area contributed by atoms with Crippen LogP contribution in [0.4, 0.5) is 11.4 Å². The van der Waals surface area contributed by atoms with Gasteiger partial charge in [-0.2, -0.15) is 0 Å². The summed E-state index contributed by atoms with van der Waals surface area (Å²) in [4.78, 5) is 14.9. The van der Waals surface area contributed by atoms with Gasteiger partial charge in [0.25, 0.3) is 5.69 Å². The van der Waals surface area contributed by atoms with Crippen LogP contribution < -0.4 is 5.32 Å². The van der Waals surface area contributed by atoms with Gasteiger partial charge >= 0.3 is 0 Å². The minimum atomic E-state index is -0.370. The van der Waals surface area contributed by atoms with E-state index in [9.17, 15) is 10.1 Å². The standard InChI is InChI=1S/C14H15N3O2/c1-10-6-7-12(8-14(10)17(18)19)15-9-13-5-3-4-11(2)16-13/h3-8,15H,9H2,1-2H3. The molecule has 2 aromatic rings. The summed E-state index contributed by atoms with van der Waals surface area (Å²) < 4.78 is 0. The summed E-state index contributed by atoms with van der Waals surface area (Å²) in [6.07, 6.45) is 0. The molecule has 5 nitrogen and oxygen atoms in total. The zero-order valence-corrected chi connectivity index (χ0v) is 10.9. The molecule has 0 aliphatic rings. The first kappa shape index (κ1) is 13.0. The molecule has 0 saturated heterocycles. The summed E-state index contributed by atoms with van der Waals surface area (Å²) in [5, 5.41) is 14.0. The quantitative estimate of drug-likeness (QED) is 0.674. The highest BCUT2D eigenvalue weighted by Gasteiger charge is 2.10. The van der Waals surface area contributed by atoms with Crippen LogP contribution in [0.3, 0.4) is 0 Å². The van der Waals surface area contributed by atoms with Gasteiger partial charge in [0.15, 0.2) is 0 Å². The molecule has 0 fully saturated rings. The Labute approximate surface area is 111 Å². The molecular formula is C14H15N3O2. The summed E-state index contributed by atoms with van der Waals surface area (Å²) in [7, 11) is 0. The monoisotopic (exact) mass is 257 g/mol. The third-order valence-corrected chi connectivity index (χ3v) is 2.83. The molecule has 19 heavy (non-hydrogen) atoms. The molecule has 5 heteroatoms. The number of hydrogen-bond acceptors (Lipinski definition) is 4. The number of hydrogen-bond donors (Lipinski definition) is 1. The van der Waals surface area contributed by atoms with Gasteiger partial charge in [-0.15, -0.1) is 0 Å². The molecule has 0 saturated carbocycles. The van der Waals surface area contributed by atoms with E-state index in [0.29, 0.717) is 12.1 Å². The number of nitro benzene ring substituents is 1. The predicted molar refractivity (Wildman–Crippen MR) is 74.1 cm³/mol. The minimum absolute atomic E-state index is 0.127. The van der Waals surface area contributed by atoms with Crippen molar-refractivity contribution in [2.45, 2.75) is 20.4 Å². The lowest BCUT2D eigenvalue weighted by Gasteiger charge is -2.07. The second kappa shape index (κ2) is 5.48. The van der Waals surface area contributed by atoms with E-state index in [1.807, 2.05) is 31.2 Å². The number of pyridine rings is 1. The average Bonchev–Trinajstić information content (AvgIpc) is 2.37. The minimum Gasteiger partial charge on any atom is -0.379 e. The summed E-state index contributed by atoms with van der Waals surface area (Å²) in [5.74, 6) is 0. The van der Waals surface area contributed by atoms with Crippen LogP contribution in [0.1, 0.15) is 17.0 Å². The first-order chi connectivity index (χ1) is 9.06. The number of nitrogens with zero attached hydrogens (tertiary/aromatic N) is 2. The highest BCUT2D eigenvalue weighted by molar-refractivity contribution is 5.54. The zero-order valence-electron chi connectivity index (χ0n) is 10.9. The third-order valence-electron chi connectivity index (χ3n) is 2.83. The van der Waals surface area contributed by atoms with Crippen molar-refractivity contribution in [3.8, 4) is 0 Å². The maximum atomic E-state index is 10.9. The van der Waals surface area contributed by atoms with Crippen molar-refractivity contribution in [3.63, 3.8) is 0 Å². The van der Waals surface area contributed by atoms with E-state index < -0.39 is 0 Å². The number of anilines is 1. The number of benzene rings is 1. The molecule has 0 radical (unpaired) electrons. The molecule has 0 unspecified atom stereocenters. The van der Waals surface area contributed by atoms with Crippen LogP contribution in [0.5, 0.6) is 0 Å². The van der Waals surface area contributed by atoms with Gasteiger partial charge in [0.2, 0.25) is 0 Å². The molecule has 0 amide bonds. The molecule has 0 spiro atoms. The molecule has 1 aromatic heterocycles. The molecular weight excluding hydrogens is 242 g/mol. The maximum absolute atomic E-state index is 10.9. The van der Waals surface area contributed by atoms with Gasteiger partial charge in [0.1, 0.15) is 0 Å². The maximum Gasteiger partial charge on any atom is 0.274 e. The van der Waals surface area contributed by atoms with Crippen molar-refractivity contribution in [3.05, 3.63) is 63.5 Å². The lowest BCUT2D eigenvalue weighted by molar-refractivity contribution is -0.385. The van der Waals surface area contributed by atoms with Crippen molar-refractivity contribution < 1.29 is 4.92 Å². The number of nitrogens with one attached hydrogen (secondary N) is 1. The fourth-order valence-corrected chi connectivity index (χ4v) is 1.81. The fraction of sp³-hybridized carbons (Fsp3) is 0.214. The lowest BCUT2D eigenvalue weighted by Crippen LogP contribution is -2.03.